The first-order valence-corrected chi connectivity index (χ1v) is 9.91. The van der Waals surface area contributed by atoms with Gasteiger partial charge in [0, 0.05) is 24.1 Å². The second-order valence-corrected chi connectivity index (χ2v) is 8.55. The van der Waals surface area contributed by atoms with E-state index in [1.807, 2.05) is 4.90 Å². The molecule has 0 N–H and O–H groups in total. The molecule has 0 aromatic heterocycles. The number of carbonyl (C=O) groups is 2. The van der Waals surface area contributed by atoms with Crippen molar-refractivity contribution in [3.8, 4) is 0 Å². The Balaban J connectivity index is 1.84. The van der Waals surface area contributed by atoms with Gasteiger partial charge in [0.1, 0.15) is 0 Å². The van der Waals surface area contributed by atoms with Gasteiger partial charge in [-0.2, -0.15) is 0 Å². The Morgan fingerprint density at radius 1 is 1.08 bits per heavy atom. The molecule has 2 aliphatic rings. The standard InChI is InChI=1S/C17H22N2O4S/c1-12-4-3-5-13(2)18(12)17(21)14-6-8-15(9-7-14)19-16(20)10-11-24(19,22)23/h6-9,12-13H,3-5,10-11H2,1-2H3. The van der Waals surface area contributed by atoms with Crippen LogP contribution >= 0.6 is 0 Å². The zero-order chi connectivity index (χ0) is 17.5. The zero-order valence-electron chi connectivity index (χ0n) is 13.9. The molecule has 1 aromatic carbocycles. The molecular weight excluding hydrogens is 328 g/mol. The fourth-order valence-electron chi connectivity index (χ4n) is 3.58. The van der Waals surface area contributed by atoms with Crippen molar-refractivity contribution in [2.75, 3.05) is 10.1 Å². The van der Waals surface area contributed by atoms with Crippen molar-refractivity contribution in [3.05, 3.63) is 29.8 Å². The summed E-state index contributed by atoms with van der Waals surface area (Å²) in [4.78, 5) is 26.5. The fourth-order valence-corrected chi connectivity index (χ4v) is 5.04. The first-order valence-electron chi connectivity index (χ1n) is 8.30. The Morgan fingerprint density at radius 2 is 1.67 bits per heavy atom. The third-order valence-electron chi connectivity index (χ3n) is 4.86. The number of carbonyl (C=O) groups excluding carboxylic acids is 2. The molecule has 0 spiro atoms. The lowest BCUT2D eigenvalue weighted by molar-refractivity contribution is -0.116. The van der Waals surface area contributed by atoms with Crippen LogP contribution in [-0.4, -0.2) is 43.0 Å². The second-order valence-electron chi connectivity index (χ2n) is 6.61. The molecular formula is C17H22N2O4S. The van der Waals surface area contributed by atoms with E-state index in [9.17, 15) is 18.0 Å². The van der Waals surface area contributed by atoms with Gasteiger partial charge in [0.15, 0.2) is 0 Å². The first kappa shape index (κ1) is 17.0. The van der Waals surface area contributed by atoms with Crippen LogP contribution in [0, 0.1) is 0 Å². The zero-order valence-corrected chi connectivity index (χ0v) is 14.8. The normalized spacial score (nSPS) is 26.7. The lowest BCUT2D eigenvalue weighted by Gasteiger charge is -2.39. The lowest BCUT2D eigenvalue weighted by atomic mass is 9.96. The van der Waals surface area contributed by atoms with Gasteiger partial charge in [-0.15, -0.1) is 0 Å². The maximum Gasteiger partial charge on any atom is 0.254 e. The quantitative estimate of drug-likeness (QED) is 0.819. The summed E-state index contributed by atoms with van der Waals surface area (Å²) in [5, 5.41) is 0. The highest BCUT2D eigenvalue weighted by molar-refractivity contribution is 7.94. The number of benzene rings is 1. The maximum absolute atomic E-state index is 12.8. The van der Waals surface area contributed by atoms with Crippen molar-refractivity contribution in [1.82, 2.24) is 4.90 Å². The Bertz CT molecular complexity index is 747. The van der Waals surface area contributed by atoms with Gasteiger partial charge in [-0.05, 0) is 57.4 Å². The highest BCUT2D eigenvalue weighted by Crippen LogP contribution is 2.28. The van der Waals surface area contributed by atoms with Crippen LogP contribution in [0.1, 0.15) is 49.9 Å². The van der Waals surface area contributed by atoms with Crippen molar-refractivity contribution in [1.29, 1.82) is 0 Å². The molecule has 2 saturated heterocycles. The van der Waals surface area contributed by atoms with E-state index in [4.69, 9.17) is 0 Å². The van der Waals surface area contributed by atoms with Gasteiger partial charge in [0.25, 0.3) is 5.91 Å². The first-order chi connectivity index (χ1) is 11.3. The Morgan fingerprint density at radius 3 is 2.17 bits per heavy atom. The van der Waals surface area contributed by atoms with E-state index in [0.29, 0.717) is 11.3 Å². The van der Waals surface area contributed by atoms with Gasteiger partial charge in [0.2, 0.25) is 15.9 Å². The number of likely N-dealkylation sites (tertiary alicyclic amines) is 1. The van der Waals surface area contributed by atoms with E-state index in [2.05, 4.69) is 13.8 Å². The topological polar surface area (TPSA) is 74.8 Å². The number of anilines is 1. The molecule has 7 heteroatoms. The van der Waals surface area contributed by atoms with Gasteiger partial charge < -0.3 is 4.90 Å². The van der Waals surface area contributed by atoms with E-state index in [1.165, 1.54) is 12.1 Å². The Kier molecular flexibility index (Phi) is 4.38. The van der Waals surface area contributed by atoms with E-state index >= 15 is 0 Å². The van der Waals surface area contributed by atoms with E-state index in [-0.39, 0.29) is 30.2 Å². The number of hydrogen-bond donors (Lipinski definition) is 0. The summed E-state index contributed by atoms with van der Waals surface area (Å²) in [5.74, 6) is -0.626. The van der Waals surface area contributed by atoms with Crippen LogP contribution in [0.3, 0.4) is 0 Å². The van der Waals surface area contributed by atoms with Crippen molar-refractivity contribution < 1.29 is 18.0 Å². The van der Waals surface area contributed by atoms with Crippen LogP contribution in [0.15, 0.2) is 24.3 Å². The van der Waals surface area contributed by atoms with Crippen molar-refractivity contribution in [3.63, 3.8) is 0 Å². The molecule has 130 valence electrons. The minimum Gasteiger partial charge on any atom is -0.333 e. The Labute approximate surface area is 142 Å². The number of rotatable bonds is 2. The van der Waals surface area contributed by atoms with Gasteiger partial charge in [-0.3, -0.25) is 9.59 Å². The molecule has 1 aromatic rings. The SMILES string of the molecule is CC1CCCC(C)N1C(=O)c1ccc(N2C(=O)CCS2(=O)=O)cc1. The highest BCUT2D eigenvalue weighted by Gasteiger charge is 2.36. The van der Waals surface area contributed by atoms with Crippen molar-refractivity contribution in [2.45, 2.75) is 51.6 Å². The molecule has 2 aliphatic heterocycles. The number of hydrogen-bond acceptors (Lipinski definition) is 4. The van der Waals surface area contributed by atoms with Gasteiger partial charge in [-0.25, -0.2) is 12.7 Å². The summed E-state index contributed by atoms with van der Waals surface area (Å²) in [6.45, 7) is 4.11. The van der Waals surface area contributed by atoms with Crippen LogP contribution in [-0.2, 0) is 14.8 Å². The molecule has 2 fully saturated rings. The number of piperidine rings is 1. The van der Waals surface area contributed by atoms with Crippen LogP contribution in [0.25, 0.3) is 0 Å². The second kappa shape index (κ2) is 6.20. The summed E-state index contributed by atoms with van der Waals surface area (Å²) in [7, 11) is -3.57. The number of nitrogens with zero attached hydrogens (tertiary/aromatic N) is 2. The minimum absolute atomic E-state index is 0.00578. The molecule has 2 atom stereocenters. The summed E-state index contributed by atoms with van der Waals surface area (Å²) < 4.78 is 24.8. The Hall–Kier alpha value is -1.89. The number of amides is 2. The fraction of sp³-hybridized carbons (Fsp3) is 0.529. The van der Waals surface area contributed by atoms with Gasteiger partial charge in [0.05, 0.1) is 11.4 Å². The average Bonchev–Trinajstić information content (AvgIpc) is 2.80. The predicted octanol–water partition coefficient (Wildman–Crippen LogP) is 2.16. The van der Waals surface area contributed by atoms with Crippen LogP contribution < -0.4 is 4.31 Å². The lowest BCUT2D eigenvalue weighted by Crippen LogP contribution is -2.47. The number of sulfonamides is 1. The molecule has 0 saturated carbocycles. The molecule has 0 aliphatic carbocycles. The summed E-state index contributed by atoms with van der Waals surface area (Å²) in [6, 6.07) is 6.67. The molecule has 0 bridgehead atoms. The van der Waals surface area contributed by atoms with Crippen LogP contribution in [0.4, 0.5) is 5.69 Å². The molecule has 2 heterocycles. The van der Waals surface area contributed by atoms with Crippen molar-refractivity contribution in [2.24, 2.45) is 0 Å². The predicted molar refractivity (Wildman–Crippen MR) is 91.3 cm³/mol. The molecule has 24 heavy (non-hydrogen) atoms. The minimum atomic E-state index is -3.57. The third-order valence-corrected chi connectivity index (χ3v) is 6.55. The van der Waals surface area contributed by atoms with Crippen LogP contribution in [0.2, 0.25) is 0 Å². The highest BCUT2D eigenvalue weighted by atomic mass is 32.2. The largest absolute Gasteiger partial charge is 0.333 e. The van der Waals surface area contributed by atoms with E-state index < -0.39 is 15.9 Å². The van der Waals surface area contributed by atoms with Gasteiger partial charge in [-0.1, -0.05) is 0 Å². The van der Waals surface area contributed by atoms with Crippen molar-refractivity contribution >= 4 is 27.5 Å². The van der Waals surface area contributed by atoms with Gasteiger partial charge >= 0.3 is 0 Å². The molecule has 6 nitrogen and oxygen atoms in total. The molecule has 2 amide bonds. The average molecular weight is 350 g/mol. The smallest absolute Gasteiger partial charge is 0.254 e. The molecule has 2 unspecified atom stereocenters. The van der Waals surface area contributed by atoms with E-state index in [0.717, 1.165) is 23.6 Å². The molecule has 0 radical (unpaired) electrons. The maximum atomic E-state index is 12.8. The van der Waals surface area contributed by atoms with Crippen LogP contribution in [0.5, 0.6) is 0 Å². The third kappa shape index (κ3) is 2.92. The summed E-state index contributed by atoms with van der Waals surface area (Å²) in [5.41, 5.74) is 0.817. The summed E-state index contributed by atoms with van der Waals surface area (Å²) in [6.07, 6.45) is 3.12. The summed E-state index contributed by atoms with van der Waals surface area (Å²) >= 11 is 0. The monoisotopic (exact) mass is 350 g/mol. The molecule has 3 rings (SSSR count). The van der Waals surface area contributed by atoms with E-state index in [1.54, 1.807) is 12.1 Å².